The normalized spacial score (nSPS) is 11.3. The Labute approximate surface area is 199 Å². The van der Waals surface area contributed by atoms with E-state index in [4.69, 9.17) is 5.73 Å². The zero-order valence-corrected chi connectivity index (χ0v) is 18.5. The lowest BCUT2D eigenvalue weighted by Crippen LogP contribution is -2.17. The summed E-state index contributed by atoms with van der Waals surface area (Å²) in [4.78, 5) is 12.5. The molecule has 3 aromatic carbocycles. The van der Waals surface area contributed by atoms with Crippen LogP contribution >= 0.6 is 0 Å². The maximum Gasteiger partial charge on any atom is 0.573 e. The van der Waals surface area contributed by atoms with Gasteiger partial charge in [0.1, 0.15) is 5.75 Å². The monoisotopic (exact) mass is 481 g/mol. The first-order chi connectivity index (χ1) is 16.7. The molecule has 0 unspecified atom stereocenters. The number of amides is 1. The number of nitrogens with two attached hydrogens (primary N) is 1. The number of alkyl halides is 3. The number of hydrogen-bond acceptors (Lipinski definition) is 5. The highest BCUT2D eigenvalue weighted by atomic mass is 19.4. The first-order valence-electron chi connectivity index (χ1n) is 10.7. The van der Waals surface area contributed by atoms with Gasteiger partial charge in [0.2, 0.25) is 5.91 Å². The van der Waals surface area contributed by atoms with Gasteiger partial charge in [0.15, 0.2) is 0 Å². The summed E-state index contributed by atoms with van der Waals surface area (Å²) in [5, 5.41) is 10.9. The molecule has 35 heavy (non-hydrogen) atoms. The minimum atomic E-state index is -4.73. The average molecular weight is 481 g/mol. The van der Waals surface area contributed by atoms with E-state index < -0.39 is 6.36 Å². The van der Waals surface area contributed by atoms with Crippen LogP contribution in [0, 0.1) is 0 Å². The zero-order valence-electron chi connectivity index (χ0n) is 18.5. The van der Waals surface area contributed by atoms with Crippen molar-refractivity contribution in [2.24, 2.45) is 0 Å². The Morgan fingerprint density at radius 3 is 2.46 bits per heavy atom. The highest BCUT2D eigenvalue weighted by molar-refractivity contribution is 5.95. The van der Waals surface area contributed by atoms with Crippen molar-refractivity contribution in [1.29, 1.82) is 0 Å². The largest absolute Gasteiger partial charge is 0.573 e. The predicted octanol–water partition coefficient (Wildman–Crippen LogP) is 5.05. The summed E-state index contributed by atoms with van der Waals surface area (Å²) in [6, 6.07) is 20.8. The number of hydrogen-bond donors (Lipinski definition) is 2. The van der Waals surface area contributed by atoms with Crippen molar-refractivity contribution in [3.05, 3.63) is 90.3 Å². The van der Waals surface area contributed by atoms with E-state index in [0.29, 0.717) is 30.0 Å². The van der Waals surface area contributed by atoms with Crippen molar-refractivity contribution in [3.63, 3.8) is 0 Å². The van der Waals surface area contributed by atoms with E-state index in [2.05, 4.69) is 20.4 Å². The van der Waals surface area contributed by atoms with Crippen molar-refractivity contribution in [3.8, 4) is 16.9 Å². The zero-order chi connectivity index (χ0) is 24.8. The fourth-order valence-electron chi connectivity index (χ4n) is 3.44. The molecule has 0 saturated heterocycles. The molecule has 0 spiro atoms. The summed E-state index contributed by atoms with van der Waals surface area (Å²) in [5.74, 6) is -0.502. The van der Waals surface area contributed by atoms with E-state index in [0.717, 1.165) is 16.7 Å². The standard InChI is InChI=1S/C25H22F3N5O2/c26-25(27,28)35-21-10-6-17(7-11-21)15-33-16-20(31-32-33)9-13-24(34)30-23-14-19(8-12-22(23)29)18-4-2-1-3-5-18/h1-8,10-12,14,16H,9,13,15,29H2,(H,30,34). The van der Waals surface area contributed by atoms with Crippen molar-refractivity contribution in [2.45, 2.75) is 25.7 Å². The predicted molar refractivity (Wildman–Crippen MR) is 125 cm³/mol. The molecule has 0 aliphatic heterocycles. The molecule has 0 aliphatic rings. The van der Waals surface area contributed by atoms with Crippen LogP contribution in [-0.4, -0.2) is 27.3 Å². The van der Waals surface area contributed by atoms with Crippen LogP contribution in [0.25, 0.3) is 11.1 Å². The fourth-order valence-corrected chi connectivity index (χ4v) is 3.44. The molecule has 1 aromatic heterocycles. The molecule has 1 heterocycles. The number of carbonyl (C=O) groups excluding carboxylic acids is 1. The minimum Gasteiger partial charge on any atom is -0.406 e. The summed E-state index contributed by atoms with van der Waals surface area (Å²) >= 11 is 0. The number of nitrogen functional groups attached to an aromatic ring is 1. The number of rotatable bonds is 8. The van der Waals surface area contributed by atoms with Crippen LogP contribution in [-0.2, 0) is 17.8 Å². The number of aromatic nitrogens is 3. The molecule has 0 bridgehead atoms. The Kier molecular flexibility index (Phi) is 7.00. The third-order valence-corrected chi connectivity index (χ3v) is 5.13. The second-order valence-electron chi connectivity index (χ2n) is 7.82. The maximum atomic E-state index is 12.5. The van der Waals surface area contributed by atoms with E-state index in [1.54, 1.807) is 16.9 Å². The Hall–Kier alpha value is -4.34. The van der Waals surface area contributed by atoms with E-state index in [1.165, 1.54) is 24.3 Å². The second kappa shape index (κ2) is 10.3. The number of anilines is 2. The van der Waals surface area contributed by atoms with Crippen LogP contribution in [0.15, 0.2) is 79.0 Å². The lowest BCUT2D eigenvalue weighted by Gasteiger charge is -2.10. The highest BCUT2D eigenvalue weighted by Crippen LogP contribution is 2.27. The van der Waals surface area contributed by atoms with Gasteiger partial charge in [-0.05, 0) is 41.0 Å². The van der Waals surface area contributed by atoms with Crippen LogP contribution in [0.1, 0.15) is 17.7 Å². The SMILES string of the molecule is Nc1ccc(-c2ccccc2)cc1NC(=O)CCc1cn(Cc2ccc(OC(F)(F)F)cc2)nn1. The molecule has 0 saturated carbocycles. The maximum absolute atomic E-state index is 12.5. The third-order valence-electron chi connectivity index (χ3n) is 5.13. The molecule has 1 amide bonds. The van der Waals surface area contributed by atoms with Crippen LogP contribution in [0.5, 0.6) is 5.75 Å². The first-order valence-corrected chi connectivity index (χ1v) is 10.7. The van der Waals surface area contributed by atoms with Gasteiger partial charge in [-0.25, -0.2) is 4.68 Å². The van der Waals surface area contributed by atoms with Gasteiger partial charge < -0.3 is 15.8 Å². The Morgan fingerprint density at radius 2 is 1.74 bits per heavy atom. The third kappa shape index (κ3) is 6.83. The van der Waals surface area contributed by atoms with E-state index >= 15 is 0 Å². The van der Waals surface area contributed by atoms with E-state index in [9.17, 15) is 18.0 Å². The van der Waals surface area contributed by atoms with Gasteiger partial charge in [-0.3, -0.25) is 4.79 Å². The Morgan fingerprint density at radius 1 is 1.00 bits per heavy atom. The van der Waals surface area contributed by atoms with E-state index in [1.807, 2.05) is 42.5 Å². The van der Waals surface area contributed by atoms with Crippen molar-refractivity contribution >= 4 is 17.3 Å². The fraction of sp³-hybridized carbons (Fsp3) is 0.160. The molecule has 3 N–H and O–H groups in total. The number of carbonyl (C=O) groups is 1. The molecular weight excluding hydrogens is 459 g/mol. The molecule has 0 fully saturated rings. The molecule has 4 rings (SSSR count). The molecule has 7 nitrogen and oxygen atoms in total. The van der Waals surface area contributed by atoms with Gasteiger partial charge in [0.25, 0.3) is 0 Å². The number of halogens is 3. The number of ether oxygens (including phenoxy) is 1. The lowest BCUT2D eigenvalue weighted by molar-refractivity contribution is -0.274. The molecule has 10 heteroatoms. The van der Waals surface area contributed by atoms with Gasteiger partial charge in [0.05, 0.1) is 23.6 Å². The number of aryl methyl sites for hydroxylation is 1. The van der Waals surface area contributed by atoms with Gasteiger partial charge >= 0.3 is 6.36 Å². The molecule has 180 valence electrons. The van der Waals surface area contributed by atoms with Gasteiger partial charge in [-0.2, -0.15) is 0 Å². The molecule has 0 radical (unpaired) electrons. The lowest BCUT2D eigenvalue weighted by atomic mass is 10.0. The topological polar surface area (TPSA) is 95.1 Å². The summed E-state index contributed by atoms with van der Waals surface area (Å²) in [7, 11) is 0. The smallest absolute Gasteiger partial charge is 0.406 e. The second-order valence-corrected chi connectivity index (χ2v) is 7.82. The van der Waals surface area contributed by atoms with Gasteiger partial charge in [0, 0.05) is 19.0 Å². The number of nitrogens with zero attached hydrogens (tertiary/aromatic N) is 3. The quantitative estimate of drug-likeness (QED) is 0.344. The average Bonchev–Trinajstić information content (AvgIpc) is 3.27. The van der Waals surface area contributed by atoms with Crippen LogP contribution in [0.2, 0.25) is 0 Å². The molecule has 0 atom stereocenters. The Balaban J connectivity index is 1.31. The highest BCUT2D eigenvalue weighted by Gasteiger charge is 2.30. The number of nitrogens with one attached hydrogen (secondary N) is 1. The van der Waals surface area contributed by atoms with Crippen LogP contribution < -0.4 is 15.8 Å². The summed E-state index contributed by atoms with van der Waals surface area (Å²) in [5.41, 5.74) is 10.3. The minimum absolute atomic E-state index is 0.178. The summed E-state index contributed by atoms with van der Waals surface area (Å²) < 4.78 is 42.2. The Bertz CT molecular complexity index is 1290. The summed E-state index contributed by atoms with van der Waals surface area (Å²) in [6.07, 6.45) is -2.50. The van der Waals surface area contributed by atoms with Gasteiger partial charge in [-0.15, -0.1) is 18.3 Å². The van der Waals surface area contributed by atoms with Crippen LogP contribution in [0.3, 0.4) is 0 Å². The van der Waals surface area contributed by atoms with E-state index in [-0.39, 0.29) is 18.1 Å². The van der Waals surface area contributed by atoms with Crippen molar-refractivity contribution in [2.75, 3.05) is 11.1 Å². The van der Waals surface area contributed by atoms with Crippen molar-refractivity contribution in [1.82, 2.24) is 15.0 Å². The van der Waals surface area contributed by atoms with Crippen LogP contribution in [0.4, 0.5) is 24.5 Å². The molecular formula is C25H22F3N5O2. The van der Waals surface area contributed by atoms with Gasteiger partial charge in [-0.1, -0.05) is 53.7 Å². The molecule has 0 aliphatic carbocycles. The number of benzene rings is 3. The first kappa shape index (κ1) is 23.8. The summed E-state index contributed by atoms with van der Waals surface area (Å²) in [6.45, 7) is 0.314. The molecule has 4 aromatic rings. The van der Waals surface area contributed by atoms with Crippen molar-refractivity contribution < 1.29 is 22.7 Å².